The number of aromatic hydroxyl groups is 3. The van der Waals surface area contributed by atoms with E-state index < -0.39 is 60.0 Å². The van der Waals surface area contributed by atoms with Crippen molar-refractivity contribution in [3.63, 3.8) is 0 Å². The zero-order valence-corrected chi connectivity index (χ0v) is 16.3. The molecule has 3 aromatic rings. The topological polar surface area (TPSA) is 190 Å². The van der Waals surface area contributed by atoms with Crippen molar-refractivity contribution < 1.29 is 49.6 Å². The summed E-state index contributed by atoms with van der Waals surface area (Å²) < 4.78 is 16.5. The second kappa shape index (κ2) is 8.30. The van der Waals surface area contributed by atoms with Crippen molar-refractivity contribution in [2.24, 2.45) is 0 Å². The van der Waals surface area contributed by atoms with Gasteiger partial charge in [0.05, 0.1) is 12.0 Å². The summed E-state index contributed by atoms with van der Waals surface area (Å²) in [7, 11) is 0. The molecule has 1 fully saturated rings. The second-order valence-corrected chi connectivity index (χ2v) is 7.29. The lowest BCUT2D eigenvalue weighted by Crippen LogP contribution is -2.60. The Morgan fingerprint density at radius 2 is 1.66 bits per heavy atom. The summed E-state index contributed by atoms with van der Waals surface area (Å²) in [5, 5.41) is 68.6. The first-order chi connectivity index (χ1) is 15.2. The summed E-state index contributed by atoms with van der Waals surface area (Å²) in [6.45, 7) is -0.625. The summed E-state index contributed by atoms with van der Waals surface area (Å²) in [6, 6.07) is 7.51. The van der Waals surface area contributed by atoms with Gasteiger partial charge in [0.1, 0.15) is 35.7 Å². The molecule has 1 saturated heterocycles. The van der Waals surface area contributed by atoms with E-state index >= 15 is 0 Å². The van der Waals surface area contributed by atoms with Gasteiger partial charge in [-0.15, -0.1) is 0 Å². The smallest absolute Gasteiger partial charge is 0.235 e. The van der Waals surface area contributed by atoms with Crippen LogP contribution in [0.2, 0.25) is 0 Å². The average molecular weight is 448 g/mol. The number of phenols is 2. The van der Waals surface area contributed by atoms with Crippen molar-refractivity contribution in [1.82, 2.24) is 0 Å². The number of hydrogen-bond acceptors (Lipinski definition) is 11. The summed E-state index contributed by atoms with van der Waals surface area (Å²) in [5.74, 6) is -1.79. The van der Waals surface area contributed by atoms with Crippen molar-refractivity contribution in [1.29, 1.82) is 0 Å². The van der Waals surface area contributed by atoms with Crippen molar-refractivity contribution in [3.8, 4) is 34.3 Å². The fourth-order valence-electron chi connectivity index (χ4n) is 3.40. The van der Waals surface area contributed by atoms with Crippen molar-refractivity contribution in [3.05, 3.63) is 46.6 Å². The molecule has 1 aliphatic rings. The standard InChI is InChI=1S/C21H20O11/c22-7-14-16(26)17(27)19(29)21(32-14)30-9-2-3-10-13(6-9)31-20(18(28)15(10)25)8-1-4-11(23)12(24)5-8/h1-6,14,16-17,19,21-24,26-29H,7H2/t14-,16-,17+,19-,21+/m1/s1. The molecular weight excluding hydrogens is 428 g/mol. The number of aliphatic hydroxyl groups is 4. The van der Waals surface area contributed by atoms with Crippen LogP contribution in [0.3, 0.4) is 0 Å². The molecular formula is C21H20O11. The number of phenolic OH excluding ortho intramolecular Hbond substituents is 2. The molecule has 2 heterocycles. The van der Waals surface area contributed by atoms with Gasteiger partial charge >= 0.3 is 0 Å². The van der Waals surface area contributed by atoms with Crippen LogP contribution < -0.4 is 10.2 Å². The van der Waals surface area contributed by atoms with E-state index in [4.69, 9.17) is 13.9 Å². The van der Waals surface area contributed by atoms with E-state index in [-0.39, 0.29) is 28.0 Å². The lowest BCUT2D eigenvalue weighted by atomic mass is 9.99. The quantitative estimate of drug-likeness (QED) is 0.261. The fourth-order valence-corrected chi connectivity index (χ4v) is 3.40. The van der Waals surface area contributed by atoms with Crippen LogP contribution in [-0.2, 0) is 4.74 Å². The van der Waals surface area contributed by atoms with Gasteiger partial charge in [0, 0.05) is 11.6 Å². The number of ether oxygens (including phenoxy) is 2. The summed E-state index contributed by atoms with van der Waals surface area (Å²) in [6.07, 6.45) is -7.42. The molecule has 11 heteroatoms. The van der Waals surface area contributed by atoms with E-state index in [0.29, 0.717) is 0 Å². The van der Waals surface area contributed by atoms with Gasteiger partial charge in [0.2, 0.25) is 17.5 Å². The maximum atomic E-state index is 12.6. The van der Waals surface area contributed by atoms with Crippen LogP contribution in [0.1, 0.15) is 0 Å². The van der Waals surface area contributed by atoms with E-state index in [1.165, 1.54) is 24.3 Å². The largest absolute Gasteiger partial charge is 0.504 e. The molecule has 32 heavy (non-hydrogen) atoms. The van der Waals surface area contributed by atoms with Crippen molar-refractivity contribution in [2.75, 3.05) is 6.61 Å². The monoisotopic (exact) mass is 448 g/mol. The molecule has 170 valence electrons. The minimum atomic E-state index is -1.63. The molecule has 1 aliphatic heterocycles. The molecule has 4 rings (SSSR count). The number of hydrogen-bond donors (Lipinski definition) is 7. The second-order valence-electron chi connectivity index (χ2n) is 7.29. The van der Waals surface area contributed by atoms with Crippen LogP contribution in [0.25, 0.3) is 22.3 Å². The first-order valence-electron chi connectivity index (χ1n) is 9.50. The van der Waals surface area contributed by atoms with Crippen molar-refractivity contribution in [2.45, 2.75) is 30.7 Å². The zero-order chi connectivity index (χ0) is 23.2. The van der Waals surface area contributed by atoms with Crippen LogP contribution in [0.15, 0.2) is 45.6 Å². The minimum Gasteiger partial charge on any atom is -0.504 e. The van der Waals surface area contributed by atoms with Crippen LogP contribution in [0.4, 0.5) is 0 Å². The maximum Gasteiger partial charge on any atom is 0.235 e. The van der Waals surface area contributed by atoms with Gasteiger partial charge in [-0.25, -0.2) is 0 Å². The molecule has 0 radical (unpaired) electrons. The van der Waals surface area contributed by atoms with E-state index in [0.717, 1.165) is 12.1 Å². The highest BCUT2D eigenvalue weighted by molar-refractivity contribution is 5.83. The summed E-state index contributed by atoms with van der Waals surface area (Å²) >= 11 is 0. The maximum absolute atomic E-state index is 12.6. The lowest BCUT2D eigenvalue weighted by molar-refractivity contribution is -0.277. The highest BCUT2D eigenvalue weighted by atomic mass is 16.7. The molecule has 2 aromatic carbocycles. The van der Waals surface area contributed by atoms with Gasteiger partial charge in [-0.1, -0.05) is 0 Å². The number of rotatable bonds is 4. The normalized spacial score (nSPS) is 25.7. The molecule has 0 amide bonds. The van der Waals surface area contributed by atoms with E-state index in [2.05, 4.69) is 0 Å². The predicted octanol–water partition coefficient (Wildman–Crippen LogP) is -0.245. The van der Waals surface area contributed by atoms with Gasteiger partial charge < -0.3 is 49.6 Å². The molecule has 1 aromatic heterocycles. The first-order valence-corrected chi connectivity index (χ1v) is 9.50. The third kappa shape index (κ3) is 3.72. The Hall–Kier alpha value is -3.35. The van der Waals surface area contributed by atoms with Gasteiger partial charge in [-0.2, -0.15) is 0 Å². The van der Waals surface area contributed by atoms with E-state index in [1.807, 2.05) is 0 Å². The SMILES string of the molecule is O=c1c(O)c(-c2ccc(O)c(O)c2)oc2cc(O[C@H]3O[C@H](CO)[C@@H](O)[C@H](O)[C@H]3O)ccc12. The van der Waals surface area contributed by atoms with Crippen molar-refractivity contribution >= 4 is 11.0 Å². The van der Waals surface area contributed by atoms with Crippen LogP contribution in [0.5, 0.6) is 23.0 Å². The third-order valence-electron chi connectivity index (χ3n) is 5.18. The molecule has 0 saturated carbocycles. The lowest BCUT2D eigenvalue weighted by Gasteiger charge is -2.39. The van der Waals surface area contributed by atoms with E-state index in [9.17, 15) is 40.5 Å². The Morgan fingerprint density at radius 3 is 2.34 bits per heavy atom. The molecule has 0 bridgehead atoms. The first kappa shape index (κ1) is 21.9. The Balaban J connectivity index is 1.71. The Bertz CT molecular complexity index is 1200. The molecule has 0 aliphatic carbocycles. The summed E-state index contributed by atoms with van der Waals surface area (Å²) in [5.41, 5.74) is -0.650. The van der Waals surface area contributed by atoms with Gasteiger partial charge in [-0.3, -0.25) is 4.79 Å². The van der Waals surface area contributed by atoms with Crippen LogP contribution >= 0.6 is 0 Å². The predicted molar refractivity (Wildman–Crippen MR) is 107 cm³/mol. The Kier molecular flexibility index (Phi) is 5.67. The fraction of sp³-hybridized carbons (Fsp3) is 0.286. The highest BCUT2D eigenvalue weighted by Crippen LogP contribution is 2.36. The minimum absolute atomic E-state index is 0.00963. The van der Waals surface area contributed by atoms with Crippen LogP contribution in [-0.4, -0.2) is 73.1 Å². The zero-order valence-electron chi connectivity index (χ0n) is 16.3. The Labute approximate surface area is 179 Å². The number of aliphatic hydroxyl groups excluding tert-OH is 4. The molecule has 7 N–H and O–H groups in total. The average Bonchev–Trinajstić information content (AvgIpc) is 2.78. The molecule has 0 spiro atoms. The third-order valence-corrected chi connectivity index (χ3v) is 5.18. The summed E-state index contributed by atoms with van der Waals surface area (Å²) in [4.78, 5) is 12.6. The van der Waals surface area contributed by atoms with Gasteiger partial charge in [0.15, 0.2) is 17.3 Å². The van der Waals surface area contributed by atoms with E-state index in [1.54, 1.807) is 0 Å². The Morgan fingerprint density at radius 1 is 0.906 bits per heavy atom. The van der Waals surface area contributed by atoms with Crippen LogP contribution in [0, 0.1) is 0 Å². The number of fused-ring (bicyclic) bond motifs is 1. The molecule has 5 atom stereocenters. The number of benzene rings is 2. The molecule has 11 nitrogen and oxygen atoms in total. The van der Waals surface area contributed by atoms with Gasteiger partial charge in [-0.05, 0) is 30.3 Å². The van der Waals surface area contributed by atoms with Gasteiger partial charge in [0.25, 0.3) is 0 Å². The molecule has 0 unspecified atom stereocenters. The highest BCUT2D eigenvalue weighted by Gasteiger charge is 2.44.